The van der Waals surface area contributed by atoms with Crippen LogP contribution in [0.3, 0.4) is 0 Å². The number of carbonyl (C=O) groups is 1. The van der Waals surface area contributed by atoms with Gasteiger partial charge in [0.2, 0.25) is 5.13 Å². The molecule has 25 heavy (non-hydrogen) atoms. The molecule has 5 nitrogen and oxygen atoms in total. The molecule has 128 valence electrons. The largest absolute Gasteiger partial charge is 0.484 e. The SMILES string of the molecule is O=C(COc1ccccc1)Nc1nnc(SCc2ccc(F)cc2)s1. The van der Waals surface area contributed by atoms with Crippen LogP contribution in [0.5, 0.6) is 5.75 Å². The van der Waals surface area contributed by atoms with E-state index >= 15 is 0 Å². The fourth-order valence-electron chi connectivity index (χ4n) is 1.87. The molecule has 0 aliphatic rings. The number of ether oxygens (including phenoxy) is 1. The molecule has 2 aromatic carbocycles. The van der Waals surface area contributed by atoms with E-state index in [-0.39, 0.29) is 18.3 Å². The zero-order chi connectivity index (χ0) is 17.5. The summed E-state index contributed by atoms with van der Waals surface area (Å²) < 4.78 is 19.0. The van der Waals surface area contributed by atoms with Crippen LogP contribution in [0.1, 0.15) is 5.56 Å². The van der Waals surface area contributed by atoms with Crippen LogP contribution in [-0.4, -0.2) is 22.7 Å². The molecule has 0 bridgehead atoms. The second-order valence-electron chi connectivity index (χ2n) is 4.94. The molecule has 0 saturated carbocycles. The number of para-hydroxylation sites is 1. The highest BCUT2D eigenvalue weighted by Crippen LogP contribution is 2.28. The van der Waals surface area contributed by atoms with Crippen molar-refractivity contribution in [2.75, 3.05) is 11.9 Å². The zero-order valence-electron chi connectivity index (χ0n) is 13.0. The Labute approximate surface area is 152 Å². The number of amides is 1. The number of benzene rings is 2. The average molecular weight is 375 g/mol. The standard InChI is InChI=1S/C17H14FN3O2S2/c18-13-8-6-12(7-9-13)11-24-17-21-20-16(25-17)19-15(22)10-23-14-4-2-1-3-5-14/h1-9H,10-11H2,(H,19,20,22). The Bertz CT molecular complexity index is 825. The molecule has 1 amide bonds. The lowest BCUT2D eigenvalue weighted by atomic mass is 10.2. The number of rotatable bonds is 7. The van der Waals surface area contributed by atoms with Crippen molar-refractivity contribution < 1.29 is 13.9 Å². The van der Waals surface area contributed by atoms with Crippen LogP contribution in [0.25, 0.3) is 0 Å². The van der Waals surface area contributed by atoms with Crippen molar-refractivity contribution in [3.05, 3.63) is 66.0 Å². The summed E-state index contributed by atoms with van der Waals surface area (Å²) in [7, 11) is 0. The van der Waals surface area contributed by atoms with E-state index in [0.29, 0.717) is 16.6 Å². The van der Waals surface area contributed by atoms with Gasteiger partial charge in [0.1, 0.15) is 11.6 Å². The maximum Gasteiger partial charge on any atom is 0.264 e. The van der Waals surface area contributed by atoms with Crippen molar-refractivity contribution in [2.24, 2.45) is 0 Å². The quantitative estimate of drug-likeness (QED) is 0.500. The first kappa shape index (κ1) is 17.4. The summed E-state index contributed by atoms with van der Waals surface area (Å²) in [6.07, 6.45) is 0. The molecule has 0 fully saturated rings. The van der Waals surface area contributed by atoms with Crippen molar-refractivity contribution in [1.82, 2.24) is 10.2 Å². The Hall–Kier alpha value is -2.45. The number of hydrogen-bond donors (Lipinski definition) is 1. The van der Waals surface area contributed by atoms with Crippen LogP contribution >= 0.6 is 23.1 Å². The lowest BCUT2D eigenvalue weighted by Crippen LogP contribution is -2.20. The highest BCUT2D eigenvalue weighted by atomic mass is 32.2. The zero-order valence-corrected chi connectivity index (χ0v) is 14.6. The third kappa shape index (κ3) is 5.54. The van der Waals surface area contributed by atoms with E-state index in [9.17, 15) is 9.18 Å². The third-order valence-corrected chi connectivity index (χ3v) is 5.08. The average Bonchev–Trinajstić information content (AvgIpc) is 3.08. The Balaban J connectivity index is 1.46. The predicted octanol–water partition coefficient (Wildman–Crippen LogP) is 3.99. The van der Waals surface area contributed by atoms with Gasteiger partial charge in [0.05, 0.1) is 0 Å². The molecular formula is C17H14FN3O2S2. The minimum Gasteiger partial charge on any atom is -0.484 e. The van der Waals surface area contributed by atoms with Gasteiger partial charge in [-0.3, -0.25) is 10.1 Å². The van der Waals surface area contributed by atoms with Gasteiger partial charge < -0.3 is 4.74 Å². The van der Waals surface area contributed by atoms with Gasteiger partial charge in [-0.25, -0.2) is 4.39 Å². The number of halogens is 1. The summed E-state index contributed by atoms with van der Waals surface area (Å²) in [6, 6.07) is 15.4. The summed E-state index contributed by atoms with van der Waals surface area (Å²) >= 11 is 2.76. The van der Waals surface area contributed by atoms with Crippen molar-refractivity contribution >= 4 is 34.1 Å². The minimum absolute atomic E-state index is 0.0956. The number of aromatic nitrogens is 2. The topological polar surface area (TPSA) is 64.1 Å². The molecule has 0 aliphatic heterocycles. The molecular weight excluding hydrogens is 361 g/mol. The van der Waals surface area contributed by atoms with E-state index in [1.54, 1.807) is 24.3 Å². The van der Waals surface area contributed by atoms with Crippen LogP contribution in [0, 0.1) is 5.82 Å². The summed E-state index contributed by atoms with van der Waals surface area (Å²) in [5.41, 5.74) is 0.989. The Morgan fingerprint density at radius 3 is 2.64 bits per heavy atom. The van der Waals surface area contributed by atoms with E-state index < -0.39 is 0 Å². The number of nitrogens with one attached hydrogen (secondary N) is 1. The van der Waals surface area contributed by atoms with E-state index in [1.165, 1.54) is 35.2 Å². The number of hydrogen-bond acceptors (Lipinski definition) is 6. The van der Waals surface area contributed by atoms with Crippen LogP contribution in [0.4, 0.5) is 9.52 Å². The maximum atomic E-state index is 12.9. The molecule has 1 N–H and O–H groups in total. The number of thioether (sulfide) groups is 1. The summed E-state index contributed by atoms with van der Waals surface area (Å²) in [4.78, 5) is 11.9. The van der Waals surface area contributed by atoms with Gasteiger partial charge in [-0.15, -0.1) is 10.2 Å². The van der Waals surface area contributed by atoms with Gasteiger partial charge in [0.25, 0.3) is 5.91 Å². The molecule has 3 rings (SSSR count). The van der Waals surface area contributed by atoms with Crippen molar-refractivity contribution in [1.29, 1.82) is 0 Å². The minimum atomic E-state index is -0.296. The second-order valence-corrected chi connectivity index (χ2v) is 7.14. The van der Waals surface area contributed by atoms with Gasteiger partial charge in [-0.1, -0.05) is 53.4 Å². The molecule has 0 unspecified atom stereocenters. The first-order valence-corrected chi connectivity index (χ1v) is 9.18. The van der Waals surface area contributed by atoms with Gasteiger partial charge in [-0.05, 0) is 29.8 Å². The number of nitrogens with zero attached hydrogens (tertiary/aromatic N) is 2. The van der Waals surface area contributed by atoms with Crippen LogP contribution in [-0.2, 0) is 10.5 Å². The first-order chi connectivity index (χ1) is 12.2. The van der Waals surface area contributed by atoms with Crippen LogP contribution in [0.2, 0.25) is 0 Å². The van der Waals surface area contributed by atoms with E-state index in [1.807, 2.05) is 18.2 Å². The number of anilines is 1. The predicted molar refractivity (Wildman–Crippen MR) is 96.4 cm³/mol. The van der Waals surface area contributed by atoms with Crippen molar-refractivity contribution in [3.63, 3.8) is 0 Å². The Morgan fingerprint density at radius 1 is 1.12 bits per heavy atom. The lowest BCUT2D eigenvalue weighted by Gasteiger charge is -2.04. The molecule has 1 heterocycles. The normalized spacial score (nSPS) is 10.4. The van der Waals surface area contributed by atoms with Crippen LogP contribution in [0.15, 0.2) is 58.9 Å². The Morgan fingerprint density at radius 2 is 1.88 bits per heavy atom. The van der Waals surface area contributed by atoms with Gasteiger partial charge in [0.15, 0.2) is 10.9 Å². The van der Waals surface area contributed by atoms with Crippen molar-refractivity contribution in [2.45, 2.75) is 10.1 Å². The van der Waals surface area contributed by atoms with E-state index in [0.717, 1.165) is 9.90 Å². The monoisotopic (exact) mass is 375 g/mol. The highest BCUT2D eigenvalue weighted by Gasteiger charge is 2.09. The smallest absolute Gasteiger partial charge is 0.264 e. The molecule has 0 spiro atoms. The highest BCUT2D eigenvalue weighted by molar-refractivity contribution is 8.00. The van der Waals surface area contributed by atoms with Gasteiger partial charge >= 0.3 is 0 Å². The first-order valence-electron chi connectivity index (χ1n) is 7.37. The summed E-state index contributed by atoms with van der Waals surface area (Å²) in [5.74, 6) is 0.730. The molecule has 0 radical (unpaired) electrons. The number of carbonyl (C=O) groups excluding carboxylic acids is 1. The fourth-order valence-corrected chi connectivity index (χ4v) is 3.59. The van der Waals surface area contributed by atoms with Crippen molar-refractivity contribution in [3.8, 4) is 5.75 Å². The van der Waals surface area contributed by atoms with Gasteiger partial charge in [-0.2, -0.15) is 0 Å². The molecule has 3 aromatic rings. The van der Waals surface area contributed by atoms with Crippen LogP contribution < -0.4 is 10.1 Å². The summed E-state index contributed by atoms with van der Waals surface area (Å²) in [6.45, 7) is -0.0956. The molecule has 1 aromatic heterocycles. The molecule has 0 saturated heterocycles. The Kier molecular flexibility index (Phi) is 5.97. The summed E-state index contributed by atoms with van der Waals surface area (Å²) in [5, 5.41) is 11.0. The lowest BCUT2D eigenvalue weighted by molar-refractivity contribution is -0.118. The van der Waals surface area contributed by atoms with E-state index in [2.05, 4.69) is 15.5 Å². The fraction of sp³-hybridized carbons (Fsp3) is 0.118. The van der Waals surface area contributed by atoms with Gasteiger partial charge in [0, 0.05) is 5.75 Å². The van der Waals surface area contributed by atoms with E-state index in [4.69, 9.17) is 4.74 Å². The molecule has 8 heteroatoms. The molecule has 0 aliphatic carbocycles. The molecule has 0 atom stereocenters. The maximum absolute atomic E-state index is 12.9. The third-order valence-electron chi connectivity index (χ3n) is 3.04. The second kappa shape index (κ2) is 8.59.